The summed E-state index contributed by atoms with van der Waals surface area (Å²) in [4.78, 5) is 12.2. The molecule has 2 aromatic heterocycles. The van der Waals surface area contributed by atoms with Gasteiger partial charge in [-0.2, -0.15) is 4.98 Å². The number of aryl methyl sites for hydroxylation is 1. The number of aliphatic hydroxyl groups excluding tert-OH is 1. The number of aromatic nitrogens is 3. The number of fused-ring (bicyclic) bond motifs is 3. The van der Waals surface area contributed by atoms with Crippen LogP contribution in [0.2, 0.25) is 5.02 Å². The molecule has 0 saturated carbocycles. The maximum atomic E-state index is 9.88. The molecule has 3 N–H and O–H groups in total. The monoisotopic (exact) mass is 428 g/mol. The summed E-state index contributed by atoms with van der Waals surface area (Å²) in [5.41, 5.74) is 3.86. The van der Waals surface area contributed by atoms with Gasteiger partial charge in [0.05, 0.1) is 29.8 Å². The predicted octanol–water partition coefficient (Wildman–Crippen LogP) is 2.62. The fourth-order valence-corrected chi connectivity index (χ4v) is 4.82. The minimum absolute atomic E-state index is 0.178. The number of imidazole rings is 1. The van der Waals surface area contributed by atoms with Gasteiger partial charge in [-0.1, -0.05) is 35.9 Å². The molecule has 2 fully saturated rings. The van der Waals surface area contributed by atoms with E-state index in [0.29, 0.717) is 34.6 Å². The number of pyridine rings is 1. The maximum absolute atomic E-state index is 9.88. The van der Waals surface area contributed by atoms with E-state index < -0.39 is 6.10 Å². The molecule has 6 rings (SSSR count). The van der Waals surface area contributed by atoms with Crippen LogP contribution < -0.4 is 10.1 Å². The van der Waals surface area contributed by atoms with Gasteiger partial charge in [0, 0.05) is 0 Å². The first-order chi connectivity index (χ1) is 14.7. The van der Waals surface area contributed by atoms with E-state index in [1.807, 2.05) is 0 Å². The Bertz CT molecular complexity index is 1110. The van der Waals surface area contributed by atoms with Crippen molar-refractivity contribution in [2.45, 2.75) is 43.3 Å². The van der Waals surface area contributed by atoms with E-state index in [-0.39, 0.29) is 31.0 Å². The molecule has 2 saturated heterocycles. The van der Waals surface area contributed by atoms with Crippen molar-refractivity contribution >= 4 is 28.6 Å². The fraction of sp³-hybridized carbons (Fsp3) is 0.429. The van der Waals surface area contributed by atoms with Crippen LogP contribution >= 0.6 is 11.6 Å². The van der Waals surface area contributed by atoms with E-state index in [0.717, 1.165) is 12.8 Å². The average Bonchev–Trinajstić information content (AvgIpc) is 3.49. The Labute approximate surface area is 177 Å². The lowest BCUT2D eigenvalue weighted by Crippen LogP contribution is -2.34. The SMILES string of the molecule is O[C@@H]1CO[C@H]2[C@@H]1OC[C@H]2Oc1nc2nc(NC3CCc4ccccc43)c(Cl)cc2[nH]1. The van der Waals surface area contributed by atoms with Crippen molar-refractivity contribution in [3.05, 3.63) is 46.5 Å². The van der Waals surface area contributed by atoms with Gasteiger partial charge in [-0.05, 0) is 30.0 Å². The number of hydrogen-bond acceptors (Lipinski definition) is 7. The third kappa shape index (κ3) is 3.02. The number of anilines is 1. The number of benzene rings is 1. The van der Waals surface area contributed by atoms with Crippen molar-refractivity contribution in [2.24, 2.45) is 0 Å². The largest absolute Gasteiger partial charge is 0.456 e. The quantitative estimate of drug-likeness (QED) is 0.587. The van der Waals surface area contributed by atoms with Gasteiger partial charge in [0.15, 0.2) is 11.8 Å². The van der Waals surface area contributed by atoms with E-state index in [9.17, 15) is 5.11 Å². The van der Waals surface area contributed by atoms with Crippen molar-refractivity contribution in [2.75, 3.05) is 18.5 Å². The molecule has 156 valence electrons. The van der Waals surface area contributed by atoms with Crippen LogP contribution in [0.25, 0.3) is 11.2 Å². The van der Waals surface area contributed by atoms with Crippen LogP contribution in [0.15, 0.2) is 30.3 Å². The highest BCUT2D eigenvalue weighted by atomic mass is 35.5. The van der Waals surface area contributed by atoms with Gasteiger partial charge in [-0.15, -0.1) is 0 Å². The maximum Gasteiger partial charge on any atom is 0.296 e. The van der Waals surface area contributed by atoms with E-state index in [1.165, 1.54) is 11.1 Å². The molecule has 8 nitrogen and oxygen atoms in total. The molecule has 1 aliphatic carbocycles. The third-order valence-electron chi connectivity index (χ3n) is 6.09. The number of halogens is 1. The molecule has 0 bridgehead atoms. The van der Waals surface area contributed by atoms with E-state index >= 15 is 0 Å². The van der Waals surface area contributed by atoms with E-state index in [2.05, 4.69) is 44.5 Å². The van der Waals surface area contributed by atoms with Gasteiger partial charge in [-0.25, -0.2) is 4.98 Å². The number of aromatic amines is 1. The molecular formula is C21H21ClN4O4. The number of H-pyrrole nitrogens is 1. The molecule has 0 radical (unpaired) electrons. The zero-order chi connectivity index (χ0) is 20.2. The lowest BCUT2D eigenvalue weighted by atomic mass is 10.1. The Morgan fingerprint density at radius 2 is 2.03 bits per heavy atom. The number of ether oxygens (including phenoxy) is 3. The van der Waals surface area contributed by atoms with E-state index in [4.69, 9.17) is 25.8 Å². The van der Waals surface area contributed by atoms with Crippen molar-refractivity contribution in [1.82, 2.24) is 15.0 Å². The molecule has 9 heteroatoms. The summed E-state index contributed by atoms with van der Waals surface area (Å²) in [6, 6.07) is 10.7. The summed E-state index contributed by atoms with van der Waals surface area (Å²) in [6.07, 6.45) is 0.433. The molecule has 2 aliphatic heterocycles. The topological polar surface area (TPSA) is 102 Å². The molecule has 3 aromatic rings. The van der Waals surface area contributed by atoms with Gasteiger partial charge in [0.2, 0.25) is 0 Å². The number of nitrogens with zero attached hydrogens (tertiary/aromatic N) is 2. The highest BCUT2D eigenvalue weighted by molar-refractivity contribution is 6.33. The normalized spacial score (nSPS) is 29.9. The van der Waals surface area contributed by atoms with Crippen molar-refractivity contribution in [1.29, 1.82) is 0 Å². The minimum Gasteiger partial charge on any atom is -0.456 e. The third-order valence-corrected chi connectivity index (χ3v) is 6.38. The molecular weight excluding hydrogens is 408 g/mol. The highest BCUT2D eigenvalue weighted by Crippen LogP contribution is 2.36. The lowest BCUT2D eigenvalue weighted by molar-refractivity contribution is 0.00706. The Morgan fingerprint density at radius 3 is 2.97 bits per heavy atom. The molecule has 30 heavy (non-hydrogen) atoms. The first-order valence-electron chi connectivity index (χ1n) is 10.1. The number of rotatable bonds is 4. The number of nitrogens with one attached hydrogen (secondary N) is 2. The van der Waals surface area contributed by atoms with Crippen molar-refractivity contribution < 1.29 is 19.3 Å². The zero-order valence-electron chi connectivity index (χ0n) is 16.0. The Hall–Kier alpha value is -2.39. The molecule has 5 atom stereocenters. The molecule has 3 aliphatic rings. The first kappa shape index (κ1) is 18.4. The van der Waals surface area contributed by atoms with Crippen LogP contribution in [0.1, 0.15) is 23.6 Å². The minimum atomic E-state index is -0.617. The van der Waals surface area contributed by atoms with Crippen LogP contribution in [-0.2, 0) is 15.9 Å². The summed E-state index contributed by atoms with van der Waals surface area (Å²) < 4.78 is 17.2. The summed E-state index contributed by atoms with van der Waals surface area (Å²) in [5, 5.41) is 13.9. The second kappa shape index (κ2) is 7.09. The van der Waals surface area contributed by atoms with Crippen LogP contribution in [0.5, 0.6) is 6.01 Å². The standard InChI is InChI=1S/C21H21ClN4O4/c22-12-7-14-20(25-19(12)23-13-6-5-10-3-1-2-4-11(10)13)26-21(24-14)30-16-9-29-17-15(27)8-28-18(16)17/h1-4,7,13,15-18,27H,5-6,8-9H2,(H2,23,24,25,26)/t13?,15-,16-,17-,18-/m1/s1. The summed E-state index contributed by atoms with van der Waals surface area (Å²) in [5.74, 6) is 0.607. The number of aliphatic hydroxyl groups is 1. The highest BCUT2D eigenvalue weighted by Gasteiger charge is 2.48. The van der Waals surface area contributed by atoms with Gasteiger partial charge in [0.25, 0.3) is 6.01 Å². The Kier molecular flexibility index (Phi) is 4.35. The van der Waals surface area contributed by atoms with Gasteiger partial charge >= 0.3 is 0 Å². The molecule has 1 unspecified atom stereocenters. The van der Waals surface area contributed by atoms with Crippen LogP contribution in [0.3, 0.4) is 0 Å². The molecule has 4 heterocycles. The van der Waals surface area contributed by atoms with Crippen molar-refractivity contribution in [3.63, 3.8) is 0 Å². The van der Waals surface area contributed by atoms with Crippen LogP contribution in [0, 0.1) is 0 Å². The fourth-order valence-electron chi connectivity index (χ4n) is 4.61. The van der Waals surface area contributed by atoms with Crippen LogP contribution in [-0.4, -0.2) is 57.7 Å². The van der Waals surface area contributed by atoms with Gasteiger partial charge in [-0.3, -0.25) is 0 Å². The molecule has 0 amide bonds. The lowest BCUT2D eigenvalue weighted by Gasteiger charge is -2.15. The van der Waals surface area contributed by atoms with Crippen LogP contribution in [0.4, 0.5) is 5.82 Å². The smallest absolute Gasteiger partial charge is 0.296 e. The second-order valence-electron chi connectivity index (χ2n) is 7.99. The Balaban J connectivity index is 1.23. The summed E-state index contributed by atoms with van der Waals surface area (Å²) >= 11 is 6.50. The number of hydrogen-bond donors (Lipinski definition) is 3. The average molecular weight is 429 g/mol. The van der Waals surface area contributed by atoms with Crippen molar-refractivity contribution in [3.8, 4) is 6.01 Å². The zero-order valence-corrected chi connectivity index (χ0v) is 16.8. The molecule has 0 spiro atoms. The predicted molar refractivity (Wildman–Crippen MR) is 110 cm³/mol. The van der Waals surface area contributed by atoms with Gasteiger partial charge < -0.3 is 29.6 Å². The van der Waals surface area contributed by atoms with E-state index in [1.54, 1.807) is 6.07 Å². The van der Waals surface area contributed by atoms with Gasteiger partial charge in [0.1, 0.15) is 24.1 Å². The second-order valence-corrected chi connectivity index (χ2v) is 8.39. The summed E-state index contributed by atoms with van der Waals surface area (Å²) in [6.45, 7) is 0.595. The molecule has 1 aromatic carbocycles. The first-order valence-corrected chi connectivity index (χ1v) is 10.5. The Morgan fingerprint density at radius 1 is 1.17 bits per heavy atom. The summed E-state index contributed by atoms with van der Waals surface area (Å²) in [7, 11) is 0.